The molecule has 0 fully saturated rings. The van der Waals surface area contributed by atoms with E-state index in [-0.39, 0.29) is 0 Å². The number of benzene rings is 2. The van der Waals surface area contributed by atoms with E-state index in [1.54, 1.807) is 17.8 Å². The van der Waals surface area contributed by atoms with E-state index < -0.39 is 5.82 Å². The van der Waals surface area contributed by atoms with Crippen LogP contribution in [0.15, 0.2) is 47.4 Å². The van der Waals surface area contributed by atoms with Crippen molar-refractivity contribution in [3.8, 4) is 6.07 Å². The Labute approximate surface area is 109 Å². The lowest BCUT2D eigenvalue weighted by Gasteiger charge is -2.08. The molecule has 0 saturated carbocycles. The van der Waals surface area contributed by atoms with Gasteiger partial charge in [-0.2, -0.15) is 5.26 Å². The lowest BCUT2D eigenvalue weighted by Crippen LogP contribution is -1.92. The van der Waals surface area contributed by atoms with Crippen LogP contribution < -0.4 is 5.32 Å². The summed E-state index contributed by atoms with van der Waals surface area (Å²) in [5.41, 5.74) is 1.75. The summed E-state index contributed by atoms with van der Waals surface area (Å²) in [6.07, 6.45) is 2.00. The van der Waals surface area contributed by atoms with E-state index in [0.717, 1.165) is 10.6 Å². The summed E-state index contributed by atoms with van der Waals surface area (Å²) in [6, 6.07) is 13.9. The van der Waals surface area contributed by atoms with Crippen molar-refractivity contribution in [1.82, 2.24) is 0 Å². The lowest BCUT2D eigenvalue weighted by molar-refractivity contribution is 0.628. The molecule has 0 spiro atoms. The fourth-order valence-electron chi connectivity index (χ4n) is 1.59. The zero-order valence-corrected chi connectivity index (χ0v) is 10.6. The predicted molar refractivity (Wildman–Crippen MR) is 72.6 cm³/mol. The summed E-state index contributed by atoms with van der Waals surface area (Å²) in [5, 5.41) is 11.9. The molecule has 0 bridgehead atoms. The predicted octanol–water partition coefficient (Wildman–Crippen LogP) is 4.16. The minimum atomic E-state index is -0.419. The fourth-order valence-corrected chi connectivity index (χ4v) is 2.05. The van der Waals surface area contributed by atoms with Gasteiger partial charge in [-0.1, -0.05) is 6.07 Å². The maximum atomic E-state index is 13.3. The first-order chi connectivity index (χ1) is 8.71. The Kier molecular flexibility index (Phi) is 3.85. The number of nitrogens with zero attached hydrogens (tertiary/aromatic N) is 1. The quantitative estimate of drug-likeness (QED) is 0.839. The van der Waals surface area contributed by atoms with Crippen LogP contribution >= 0.6 is 11.8 Å². The van der Waals surface area contributed by atoms with Crippen LogP contribution in [-0.2, 0) is 0 Å². The molecule has 90 valence electrons. The zero-order valence-electron chi connectivity index (χ0n) is 9.77. The molecule has 0 heterocycles. The molecule has 0 aliphatic heterocycles. The molecule has 0 unspecified atom stereocenters. The number of hydrogen-bond donors (Lipinski definition) is 1. The van der Waals surface area contributed by atoms with Gasteiger partial charge in [0.25, 0.3) is 0 Å². The highest BCUT2D eigenvalue weighted by Crippen LogP contribution is 2.23. The first-order valence-corrected chi connectivity index (χ1v) is 6.55. The smallest absolute Gasteiger partial charge is 0.126 e. The monoisotopic (exact) mass is 258 g/mol. The average molecular weight is 258 g/mol. The number of thioether (sulfide) groups is 1. The number of nitriles is 1. The summed E-state index contributed by atoms with van der Waals surface area (Å²) in [5.74, 6) is -0.419. The van der Waals surface area contributed by atoms with Gasteiger partial charge in [-0.3, -0.25) is 0 Å². The summed E-state index contributed by atoms with van der Waals surface area (Å²) in [6.45, 7) is 0. The normalized spacial score (nSPS) is 9.83. The Bertz CT molecular complexity index is 605. The maximum Gasteiger partial charge on any atom is 0.126 e. The van der Waals surface area contributed by atoms with E-state index in [1.165, 1.54) is 12.1 Å². The fraction of sp³-hybridized carbons (Fsp3) is 0.0714. The lowest BCUT2D eigenvalue weighted by atomic mass is 10.2. The van der Waals surface area contributed by atoms with Gasteiger partial charge in [0, 0.05) is 16.3 Å². The third-order valence-electron chi connectivity index (χ3n) is 2.39. The van der Waals surface area contributed by atoms with Gasteiger partial charge in [-0.05, 0) is 42.7 Å². The van der Waals surface area contributed by atoms with Crippen LogP contribution in [0, 0.1) is 17.1 Å². The van der Waals surface area contributed by atoms with Crippen molar-refractivity contribution in [3.05, 3.63) is 53.8 Å². The van der Waals surface area contributed by atoms with Crippen molar-refractivity contribution in [3.63, 3.8) is 0 Å². The van der Waals surface area contributed by atoms with Crippen LogP contribution in [0.4, 0.5) is 15.8 Å². The Morgan fingerprint density at radius 2 is 2.00 bits per heavy atom. The molecular weight excluding hydrogens is 247 g/mol. The number of rotatable bonds is 3. The van der Waals surface area contributed by atoms with Crippen molar-refractivity contribution >= 4 is 23.1 Å². The van der Waals surface area contributed by atoms with E-state index in [4.69, 9.17) is 5.26 Å². The molecule has 0 atom stereocenters. The molecule has 2 aromatic rings. The van der Waals surface area contributed by atoms with Crippen molar-refractivity contribution in [2.45, 2.75) is 4.90 Å². The average Bonchev–Trinajstić information content (AvgIpc) is 2.38. The number of hydrogen-bond acceptors (Lipinski definition) is 3. The third-order valence-corrected chi connectivity index (χ3v) is 3.11. The molecule has 0 saturated heterocycles. The molecule has 2 rings (SSSR count). The SMILES string of the molecule is CSc1cccc(Nc2cc(F)cc(C#N)c2)c1. The number of halogens is 1. The molecular formula is C14H11FN2S. The molecule has 2 aromatic carbocycles. The van der Waals surface area contributed by atoms with Crippen LogP contribution in [0.25, 0.3) is 0 Å². The highest BCUT2D eigenvalue weighted by Gasteiger charge is 2.01. The molecule has 0 aliphatic rings. The Morgan fingerprint density at radius 1 is 1.17 bits per heavy atom. The Morgan fingerprint density at radius 3 is 2.72 bits per heavy atom. The van der Waals surface area contributed by atoms with E-state index in [9.17, 15) is 4.39 Å². The summed E-state index contributed by atoms with van der Waals surface area (Å²) in [4.78, 5) is 1.12. The van der Waals surface area contributed by atoms with Gasteiger partial charge < -0.3 is 5.32 Å². The summed E-state index contributed by atoms with van der Waals surface area (Å²) < 4.78 is 13.3. The standard InChI is InChI=1S/C14H11FN2S/c1-18-14-4-2-3-12(8-14)17-13-6-10(9-16)5-11(15)7-13/h2-8,17H,1H3. The Balaban J connectivity index is 2.28. The molecule has 0 amide bonds. The largest absolute Gasteiger partial charge is 0.355 e. The van der Waals surface area contributed by atoms with Crippen molar-refractivity contribution in [2.24, 2.45) is 0 Å². The van der Waals surface area contributed by atoms with E-state index >= 15 is 0 Å². The van der Waals surface area contributed by atoms with Gasteiger partial charge in [0.1, 0.15) is 5.82 Å². The first-order valence-electron chi connectivity index (χ1n) is 5.33. The molecule has 1 N–H and O–H groups in total. The Hall–Kier alpha value is -1.99. The second kappa shape index (κ2) is 5.56. The van der Waals surface area contributed by atoms with Gasteiger partial charge >= 0.3 is 0 Å². The molecule has 2 nitrogen and oxygen atoms in total. The third kappa shape index (κ3) is 3.02. The maximum absolute atomic E-state index is 13.3. The van der Waals surface area contributed by atoms with E-state index in [2.05, 4.69) is 5.32 Å². The minimum absolute atomic E-state index is 0.304. The second-order valence-electron chi connectivity index (χ2n) is 3.70. The van der Waals surface area contributed by atoms with Crippen molar-refractivity contribution in [1.29, 1.82) is 5.26 Å². The first kappa shape index (κ1) is 12.5. The van der Waals surface area contributed by atoms with Gasteiger partial charge in [0.15, 0.2) is 0 Å². The topological polar surface area (TPSA) is 35.8 Å². The van der Waals surface area contributed by atoms with Gasteiger partial charge in [0.2, 0.25) is 0 Å². The summed E-state index contributed by atoms with van der Waals surface area (Å²) >= 11 is 1.64. The van der Waals surface area contributed by atoms with Crippen LogP contribution in [0.5, 0.6) is 0 Å². The molecule has 18 heavy (non-hydrogen) atoms. The highest BCUT2D eigenvalue weighted by molar-refractivity contribution is 7.98. The van der Waals surface area contributed by atoms with Gasteiger partial charge in [-0.15, -0.1) is 11.8 Å². The molecule has 4 heteroatoms. The van der Waals surface area contributed by atoms with Crippen LogP contribution in [0.2, 0.25) is 0 Å². The van der Waals surface area contributed by atoms with Gasteiger partial charge in [-0.25, -0.2) is 4.39 Å². The van der Waals surface area contributed by atoms with E-state index in [0.29, 0.717) is 11.3 Å². The minimum Gasteiger partial charge on any atom is -0.355 e. The van der Waals surface area contributed by atoms with Crippen molar-refractivity contribution < 1.29 is 4.39 Å². The van der Waals surface area contributed by atoms with Gasteiger partial charge in [0.05, 0.1) is 11.6 Å². The molecule has 0 aliphatic carbocycles. The van der Waals surface area contributed by atoms with Crippen molar-refractivity contribution in [2.75, 3.05) is 11.6 Å². The van der Waals surface area contributed by atoms with Crippen LogP contribution in [-0.4, -0.2) is 6.26 Å². The highest BCUT2D eigenvalue weighted by atomic mass is 32.2. The zero-order chi connectivity index (χ0) is 13.0. The van der Waals surface area contributed by atoms with Crippen LogP contribution in [0.3, 0.4) is 0 Å². The molecule has 0 aromatic heterocycles. The van der Waals surface area contributed by atoms with E-state index in [1.807, 2.05) is 36.6 Å². The number of anilines is 2. The van der Waals surface area contributed by atoms with Crippen LogP contribution in [0.1, 0.15) is 5.56 Å². The molecule has 0 radical (unpaired) electrons. The second-order valence-corrected chi connectivity index (χ2v) is 4.58. The summed E-state index contributed by atoms with van der Waals surface area (Å²) in [7, 11) is 0. The number of nitrogens with one attached hydrogen (secondary N) is 1.